The molecular weight excluding hydrogens is 297 g/mol. The zero-order valence-corrected chi connectivity index (χ0v) is 12.2. The largest absolute Gasteiger partial charge is 0.368 e. The molecule has 1 aliphatic rings. The summed E-state index contributed by atoms with van der Waals surface area (Å²) in [5.74, 6) is 1.24. The van der Waals surface area contributed by atoms with E-state index in [-0.39, 0.29) is 5.95 Å². The minimum atomic E-state index is 0.188. The van der Waals surface area contributed by atoms with Crippen LogP contribution in [0.1, 0.15) is 12.8 Å². The Morgan fingerprint density at radius 3 is 2.55 bits per heavy atom. The highest BCUT2D eigenvalue weighted by molar-refractivity contribution is 6.43. The van der Waals surface area contributed by atoms with Crippen molar-refractivity contribution in [2.24, 2.45) is 0 Å². The molecule has 104 valence electrons. The van der Waals surface area contributed by atoms with Crippen molar-refractivity contribution in [1.82, 2.24) is 15.0 Å². The Morgan fingerprint density at radius 2 is 1.80 bits per heavy atom. The van der Waals surface area contributed by atoms with Crippen LogP contribution < -0.4 is 10.6 Å². The van der Waals surface area contributed by atoms with Crippen LogP contribution in [0.25, 0.3) is 11.4 Å². The van der Waals surface area contributed by atoms with Gasteiger partial charge < -0.3 is 10.6 Å². The molecule has 1 aliphatic heterocycles. The molecular formula is C13H13Cl2N5. The summed E-state index contributed by atoms with van der Waals surface area (Å²) in [4.78, 5) is 14.9. The molecule has 7 heteroatoms. The molecule has 0 amide bonds. The van der Waals surface area contributed by atoms with Crippen LogP contribution in [0.5, 0.6) is 0 Å². The van der Waals surface area contributed by atoms with E-state index in [1.54, 1.807) is 12.1 Å². The van der Waals surface area contributed by atoms with Crippen molar-refractivity contribution in [2.75, 3.05) is 23.7 Å². The Balaban J connectivity index is 2.07. The minimum Gasteiger partial charge on any atom is -0.368 e. The molecule has 2 N–H and O–H groups in total. The third-order valence-electron chi connectivity index (χ3n) is 3.22. The fourth-order valence-corrected chi connectivity index (χ4v) is 2.62. The highest BCUT2D eigenvalue weighted by Crippen LogP contribution is 2.32. The summed E-state index contributed by atoms with van der Waals surface area (Å²) in [5.41, 5.74) is 6.45. The second kappa shape index (κ2) is 5.42. The summed E-state index contributed by atoms with van der Waals surface area (Å²) in [6.45, 7) is 1.87. The van der Waals surface area contributed by atoms with Crippen molar-refractivity contribution in [1.29, 1.82) is 0 Å². The molecule has 3 rings (SSSR count). The smallest absolute Gasteiger partial charge is 0.230 e. The molecule has 1 aromatic heterocycles. The summed E-state index contributed by atoms with van der Waals surface area (Å²) in [6.07, 6.45) is 2.28. The molecule has 1 saturated heterocycles. The predicted molar refractivity (Wildman–Crippen MR) is 81.1 cm³/mol. The maximum absolute atomic E-state index is 6.21. The fraction of sp³-hybridized carbons (Fsp3) is 0.308. The quantitative estimate of drug-likeness (QED) is 0.923. The number of benzene rings is 1. The van der Waals surface area contributed by atoms with Gasteiger partial charge in [0.05, 0.1) is 10.0 Å². The zero-order chi connectivity index (χ0) is 14.1. The maximum Gasteiger partial charge on any atom is 0.230 e. The average molecular weight is 310 g/mol. The van der Waals surface area contributed by atoms with E-state index in [1.807, 2.05) is 6.07 Å². The lowest BCUT2D eigenvalue weighted by atomic mass is 10.2. The zero-order valence-electron chi connectivity index (χ0n) is 10.7. The molecule has 0 spiro atoms. The molecule has 0 aliphatic carbocycles. The highest BCUT2D eigenvalue weighted by Gasteiger charge is 2.18. The molecule has 2 heterocycles. The predicted octanol–water partition coefficient (Wildman–Crippen LogP) is 3.03. The number of rotatable bonds is 2. The van der Waals surface area contributed by atoms with E-state index in [0.717, 1.165) is 25.9 Å². The third-order valence-corrected chi connectivity index (χ3v) is 4.04. The van der Waals surface area contributed by atoms with Crippen LogP contribution >= 0.6 is 23.2 Å². The van der Waals surface area contributed by atoms with Crippen molar-refractivity contribution in [3.63, 3.8) is 0 Å². The van der Waals surface area contributed by atoms with E-state index in [9.17, 15) is 0 Å². The molecule has 0 radical (unpaired) electrons. The Morgan fingerprint density at radius 1 is 1.05 bits per heavy atom. The fourth-order valence-electron chi connectivity index (χ4n) is 2.24. The molecule has 0 saturated carbocycles. The van der Waals surface area contributed by atoms with Gasteiger partial charge in [0.25, 0.3) is 0 Å². The van der Waals surface area contributed by atoms with E-state index in [1.165, 1.54) is 0 Å². The number of hydrogen-bond donors (Lipinski definition) is 1. The second-order valence-corrected chi connectivity index (χ2v) is 5.40. The summed E-state index contributed by atoms with van der Waals surface area (Å²) in [6, 6.07) is 5.34. The van der Waals surface area contributed by atoms with Gasteiger partial charge in [0.2, 0.25) is 11.9 Å². The van der Waals surface area contributed by atoms with Gasteiger partial charge in [-0.1, -0.05) is 29.3 Å². The Labute approximate surface area is 126 Å². The average Bonchev–Trinajstić information content (AvgIpc) is 2.95. The van der Waals surface area contributed by atoms with Crippen molar-refractivity contribution in [3.05, 3.63) is 28.2 Å². The summed E-state index contributed by atoms with van der Waals surface area (Å²) in [5, 5.41) is 0.887. The first kappa shape index (κ1) is 13.4. The van der Waals surface area contributed by atoms with E-state index < -0.39 is 0 Å². The van der Waals surface area contributed by atoms with Crippen LogP contribution in [0.15, 0.2) is 18.2 Å². The van der Waals surface area contributed by atoms with Crippen LogP contribution in [0.3, 0.4) is 0 Å². The highest BCUT2D eigenvalue weighted by atomic mass is 35.5. The van der Waals surface area contributed by atoms with Gasteiger partial charge in [0.1, 0.15) is 0 Å². The first-order valence-corrected chi connectivity index (χ1v) is 7.11. The molecule has 0 unspecified atom stereocenters. The molecule has 1 aromatic carbocycles. The van der Waals surface area contributed by atoms with Crippen LogP contribution in [0.4, 0.5) is 11.9 Å². The van der Waals surface area contributed by atoms with E-state index >= 15 is 0 Å². The molecule has 5 nitrogen and oxygen atoms in total. The normalized spacial score (nSPS) is 14.8. The molecule has 0 atom stereocenters. The van der Waals surface area contributed by atoms with Gasteiger partial charge in [-0.05, 0) is 25.0 Å². The number of halogens is 2. The van der Waals surface area contributed by atoms with E-state index in [0.29, 0.717) is 27.4 Å². The molecule has 20 heavy (non-hydrogen) atoms. The number of aromatic nitrogens is 3. The lowest BCUT2D eigenvalue weighted by Crippen LogP contribution is -2.21. The SMILES string of the molecule is Nc1nc(-c2cccc(Cl)c2Cl)nc(N2CCCC2)n1. The number of nitrogen functional groups attached to an aromatic ring is 1. The summed E-state index contributed by atoms with van der Waals surface area (Å²) >= 11 is 12.2. The molecule has 1 fully saturated rings. The number of hydrogen-bond acceptors (Lipinski definition) is 5. The van der Waals surface area contributed by atoms with Crippen LogP contribution in [0, 0.1) is 0 Å². The van der Waals surface area contributed by atoms with Gasteiger partial charge in [-0.15, -0.1) is 0 Å². The first-order valence-electron chi connectivity index (χ1n) is 6.36. The van der Waals surface area contributed by atoms with Gasteiger partial charge in [0, 0.05) is 18.7 Å². The van der Waals surface area contributed by atoms with Gasteiger partial charge in [-0.2, -0.15) is 15.0 Å². The molecule has 2 aromatic rings. The number of nitrogens with two attached hydrogens (primary N) is 1. The van der Waals surface area contributed by atoms with Crippen LogP contribution in [0.2, 0.25) is 10.0 Å². The van der Waals surface area contributed by atoms with Crippen molar-refractivity contribution < 1.29 is 0 Å². The lowest BCUT2D eigenvalue weighted by Gasteiger charge is -2.16. The second-order valence-electron chi connectivity index (χ2n) is 4.61. The van der Waals surface area contributed by atoms with E-state index in [2.05, 4.69) is 19.9 Å². The summed E-state index contributed by atoms with van der Waals surface area (Å²) in [7, 11) is 0. The first-order chi connectivity index (χ1) is 9.65. The monoisotopic (exact) mass is 309 g/mol. The van der Waals surface area contributed by atoms with Gasteiger partial charge in [-0.25, -0.2) is 0 Å². The third kappa shape index (κ3) is 2.51. The van der Waals surface area contributed by atoms with Crippen LogP contribution in [-0.2, 0) is 0 Å². The van der Waals surface area contributed by atoms with E-state index in [4.69, 9.17) is 28.9 Å². The Kier molecular flexibility index (Phi) is 3.63. The summed E-state index contributed by atoms with van der Waals surface area (Å²) < 4.78 is 0. The number of anilines is 2. The van der Waals surface area contributed by atoms with Crippen molar-refractivity contribution in [3.8, 4) is 11.4 Å². The Bertz CT molecular complexity index is 641. The Hall–Kier alpha value is -1.59. The standard InChI is InChI=1S/C13H13Cl2N5/c14-9-5-3-4-8(10(9)15)11-17-12(16)19-13(18-11)20-6-1-2-7-20/h3-5H,1-2,6-7H2,(H2,16,17,18,19). The maximum atomic E-state index is 6.21. The van der Waals surface area contributed by atoms with Gasteiger partial charge in [0.15, 0.2) is 5.82 Å². The van der Waals surface area contributed by atoms with Crippen molar-refractivity contribution in [2.45, 2.75) is 12.8 Å². The molecule has 0 bridgehead atoms. The lowest BCUT2D eigenvalue weighted by molar-refractivity contribution is 0.887. The van der Waals surface area contributed by atoms with Gasteiger partial charge >= 0.3 is 0 Å². The van der Waals surface area contributed by atoms with Crippen molar-refractivity contribution >= 4 is 35.1 Å². The topological polar surface area (TPSA) is 67.9 Å². The number of nitrogens with zero attached hydrogens (tertiary/aromatic N) is 4. The minimum absolute atomic E-state index is 0.188. The van der Waals surface area contributed by atoms with Gasteiger partial charge in [-0.3, -0.25) is 0 Å². The van der Waals surface area contributed by atoms with Crippen LogP contribution in [-0.4, -0.2) is 28.0 Å².